The summed E-state index contributed by atoms with van der Waals surface area (Å²) in [6.07, 6.45) is 8.53. The number of hydrogen-bond acceptors (Lipinski definition) is 1. The van der Waals surface area contributed by atoms with Crippen molar-refractivity contribution < 1.29 is 4.74 Å². The third-order valence-corrected chi connectivity index (χ3v) is 12.1. The molecule has 0 saturated heterocycles. The lowest BCUT2D eigenvalue weighted by Gasteiger charge is -2.57. The molecule has 0 unspecified atom stereocenters. The van der Waals surface area contributed by atoms with Gasteiger partial charge < -0.3 is 4.74 Å². The number of para-hydroxylation sites is 1. The first-order valence-corrected chi connectivity index (χ1v) is 16.4. The summed E-state index contributed by atoms with van der Waals surface area (Å²) in [6, 6.07) is 40.1. The van der Waals surface area contributed by atoms with E-state index in [9.17, 15) is 0 Å². The van der Waals surface area contributed by atoms with E-state index in [0.29, 0.717) is 5.41 Å². The zero-order valence-corrected chi connectivity index (χ0v) is 24.9. The Labute approximate surface area is 258 Å². The summed E-state index contributed by atoms with van der Waals surface area (Å²) in [4.78, 5) is 0. The summed E-state index contributed by atoms with van der Waals surface area (Å²) < 4.78 is 6.91. The van der Waals surface area contributed by atoms with Crippen molar-refractivity contribution >= 4 is 11.6 Å². The van der Waals surface area contributed by atoms with Gasteiger partial charge in [0, 0.05) is 16.7 Å². The quantitative estimate of drug-likeness (QED) is 0.199. The Kier molecular flexibility index (Phi) is 4.95. The Morgan fingerprint density at radius 2 is 1.12 bits per heavy atom. The standard InChI is InChI=1S/C41H33ClO/c42-36-18-17-35-39(38(36)28-13-15-29(16-14-28)40-22-25-19-26(23-40)21-27(20-25)24-40)43-37-12-6-5-11-34(37)41(35)32-9-3-1-7-30(32)31-8-2-4-10-33(31)41/h1-18,25-27H,19-24H2. The van der Waals surface area contributed by atoms with Crippen LogP contribution in [0.4, 0.5) is 0 Å². The van der Waals surface area contributed by atoms with E-state index >= 15 is 0 Å². The molecule has 0 atom stereocenters. The van der Waals surface area contributed by atoms with Gasteiger partial charge in [-0.3, -0.25) is 0 Å². The molecule has 11 rings (SSSR count). The molecule has 0 amide bonds. The molecule has 210 valence electrons. The highest BCUT2D eigenvalue weighted by molar-refractivity contribution is 6.33. The van der Waals surface area contributed by atoms with E-state index in [2.05, 4.69) is 109 Å². The summed E-state index contributed by atoms with van der Waals surface area (Å²) >= 11 is 7.13. The van der Waals surface area contributed by atoms with Crippen LogP contribution in [0.15, 0.2) is 109 Å². The molecule has 4 fully saturated rings. The van der Waals surface area contributed by atoms with Gasteiger partial charge in [0.15, 0.2) is 0 Å². The topological polar surface area (TPSA) is 9.23 Å². The van der Waals surface area contributed by atoms with Crippen LogP contribution in [0.3, 0.4) is 0 Å². The third-order valence-electron chi connectivity index (χ3n) is 11.8. The Morgan fingerprint density at radius 3 is 1.74 bits per heavy atom. The molecule has 5 aliphatic carbocycles. The van der Waals surface area contributed by atoms with Crippen LogP contribution < -0.4 is 4.74 Å². The lowest BCUT2D eigenvalue weighted by Crippen LogP contribution is -2.48. The highest BCUT2D eigenvalue weighted by Crippen LogP contribution is 2.64. The maximum atomic E-state index is 7.13. The second kappa shape index (κ2) is 8.64. The average Bonchev–Trinajstić information content (AvgIpc) is 3.32. The smallest absolute Gasteiger partial charge is 0.141 e. The highest BCUT2D eigenvalue weighted by Gasteiger charge is 2.53. The first-order valence-electron chi connectivity index (χ1n) is 16.0. The Morgan fingerprint density at radius 1 is 0.558 bits per heavy atom. The van der Waals surface area contributed by atoms with Crippen molar-refractivity contribution in [1.29, 1.82) is 0 Å². The SMILES string of the molecule is Clc1ccc2c(c1-c1ccc(C34CC5CC(CC(C5)C3)C4)cc1)Oc1ccccc1C21c2ccccc2-c2ccccc21. The Hall–Kier alpha value is -3.81. The number of halogens is 1. The fraction of sp³-hybridized carbons (Fsp3) is 0.268. The van der Waals surface area contributed by atoms with Crippen LogP contribution >= 0.6 is 11.6 Å². The van der Waals surface area contributed by atoms with Crippen LogP contribution in [0.5, 0.6) is 11.5 Å². The molecule has 43 heavy (non-hydrogen) atoms. The molecule has 5 aromatic carbocycles. The maximum Gasteiger partial charge on any atom is 0.141 e. The Bertz CT molecular complexity index is 1870. The molecule has 6 aliphatic rings. The van der Waals surface area contributed by atoms with E-state index in [4.69, 9.17) is 16.3 Å². The zero-order chi connectivity index (χ0) is 28.3. The minimum absolute atomic E-state index is 0.379. The van der Waals surface area contributed by atoms with Crippen LogP contribution in [-0.4, -0.2) is 0 Å². The van der Waals surface area contributed by atoms with Crippen LogP contribution in [0.25, 0.3) is 22.3 Å². The van der Waals surface area contributed by atoms with Crippen LogP contribution in [-0.2, 0) is 10.8 Å². The minimum Gasteiger partial charge on any atom is -0.456 e. The summed E-state index contributed by atoms with van der Waals surface area (Å²) in [5.41, 5.74) is 11.1. The summed E-state index contributed by atoms with van der Waals surface area (Å²) in [5, 5.41) is 0.732. The van der Waals surface area contributed by atoms with E-state index < -0.39 is 5.41 Å². The average molecular weight is 577 g/mol. The molecule has 1 spiro atoms. The van der Waals surface area contributed by atoms with Crippen molar-refractivity contribution in [2.45, 2.75) is 49.4 Å². The third kappa shape index (κ3) is 3.19. The molecule has 5 aromatic rings. The van der Waals surface area contributed by atoms with E-state index in [1.807, 2.05) is 0 Å². The molecular formula is C41H33ClO. The van der Waals surface area contributed by atoms with Gasteiger partial charge in [0.05, 0.1) is 10.4 Å². The predicted molar refractivity (Wildman–Crippen MR) is 174 cm³/mol. The fourth-order valence-electron chi connectivity index (χ4n) is 10.6. The normalized spacial score (nSPS) is 26.4. The fourth-order valence-corrected chi connectivity index (χ4v) is 10.9. The van der Waals surface area contributed by atoms with Crippen LogP contribution in [0, 0.1) is 17.8 Å². The van der Waals surface area contributed by atoms with Gasteiger partial charge >= 0.3 is 0 Å². The van der Waals surface area contributed by atoms with Gasteiger partial charge in [0.25, 0.3) is 0 Å². The zero-order valence-electron chi connectivity index (χ0n) is 24.2. The molecule has 1 heterocycles. The summed E-state index contributed by atoms with van der Waals surface area (Å²) in [6.45, 7) is 0. The van der Waals surface area contributed by atoms with E-state index in [1.54, 1.807) is 0 Å². The summed E-state index contributed by atoms with van der Waals surface area (Å²) in [5.74, 6) is 4.57. The van der Waals surface area contributed by atoms with Crippen molar-refractivity contribution in [3.63, 3.8) is 0 Å². The second-order valence-electron chi connectivity index (χ2n) is 14.0. The van der Waals surface area contributed by atoms with Crippen molar-refractivity contribution in [2.75, 3.05) is 0 Å². The van der Waals surface area contributed by atoms with Crippen molar-refractivity contribution in [3.8, 4) is 33.8 Å². The van der Waals surface area contributed by atoms with Crippen molar-refractivity contribution in [2.24, 2.45) is 17.8 Å². The second-order valence-corrected chi connectivity index (χ2v) is 14.4. The van der Waals surface area contributed by atoms with Gasteiger partial charge in [-0.15, -0.1) is 0 Å². The van der Waals surface area contributed by atoms with E-state index in [-0.39, 0.29) is 0 Å². The minimum atomic E-state index is -0.476. The predicted octanol–water partition coefficient (Wildman–Crippen LogP) is 10.9. The first kappa shape index (κ1) is 24.6. The number of ether oxygens (including phenoxy) is 1. The molecule has 2 heteroatoms. The van der Waals surface area contributed by atoms with Gasteiger partial charge in [-0.1, -0.05) is 109 Å². The number of benzene rings is 5. The molecule has 1 nitrogen and oxygen atoms in total. The lowest BCUT2D eigenvalue weighted by atomic mass is 9.48. The number of fused-ring (bicyclic) bond motifs is 9. The van der Waals surface area contributed by atoms with Gasteiger partial charge in [-0.05, 0) is 107 Å². The maximum absolute atomic E-state index is 7.13. The van der Waals surface area contributed by atoms with E-state index in [0.717, 1.165) is 51.0 Å². The van der Waals surface area contributed by atoms with Gasteiger partial charge in [0.2, 0.25) is 0 Å². The molecule has 4 bridgehead atoms. The van der Waals surface area contributed by atoms with Gasteiger partial charge in [-0.2, -0.15) is 0 Å². The molecule has 1 aliphatic heterocycles. The van der Waals surface area contributed by atoms with Crippen molar-refractivity contribution in [1.82, 2.24) is 0 Å². The lowest BCUT2D eigenvalue weighted by molar-refractivity contribution is -0.00518. The van der Waals surface area contributed by atoms with Gasteiger partial charge in [0.1, 0.15) is 11.5 Å². The first-order chi connectivity index (χ1) is 21.1. The number of hydrogen-bond donors (Lipinski definition) is 0. The molecule has 0 radical (unpaired) electrons. The summed E-state index contributed by atoms with van der Waals surface area (Å²) in [7, 11) is 0. The molecule has 0 N–H and O–H groups in total. The molecule has 4 saturated carbocycles. The largest absolute Gasteiger partial charge is 0.456 e. The molecule has 0 aromatic heterocycles. The monoisotopic (exact) mass is 576 g/mol. The van der Waals surface area contributed by atoms with Gasteiger partial charge in [-0.25, -0.2) is 0 Å². The molecular weight excluding hydrogens is 544 g/mol. The van der Waals surface area contributed by atoms with Crippen LogP contribution in [0.1, 0.15) is 66.3 Å². The van der Waals surface area contributed by atoms with Crippen LogP contribution in [0.2, 0.25) is 5.02 Å². The number of rotatable bonds is 2. The Balaban J connectivity index is 1.18. The van der Waals surface area contributed by atoms with Crippen molar-refractivity contribution in [3.05, 3.63) is 142 Å². The highest BCUT2D eigenvalue weighted by atomic mass is 35.5. The van der Waals surface area contributed by atoms with E-state index in [1.165, 1.54) is 71.9 Å².